The Hall–Kier alpha value is -2.36. The summed E-state index contributed by atoms with van der Waals surface area (Å²) >= 11 is 0. The summed E-state index contributed by atoms with van der Waals surface area (Å²) in [7, 11) is 0. The molecular formula is C20H28N2O2. The highest BCUT2D eigenvalue weighted by atomic mass is 16.5. The Morgan fingerprint density at radius 2 is 1.29 bits per heavy atom. The third kappa shape index (κ3) is 6.41. The van der Waals surface area contributed by atoms with Crippen LogP contribution in [0.2, 0.25) is 0 Å². The van der Waals surface area contributed by atoms with Crippen LogP contribution in [-0.4, -0.2) is 25.3 Å². The summed E-state index contributed by atoms with van der Waals surface area (Å²) in [6, 6.07) is 16.1. The molecule has 0 heterocycles. The maximum atomic E-state index is 5.70. The zero-order chi connectivity index (χ0) is 17.4. The van der Waals surface area contributed by atoms with Gasteiger partial charge in [-0.3, -0.25) is 0 Å². The van der Waals surface area contributed by atoms with Gasteiger partial charge in [0, 0.05) is 30.5 Å². The largest absolute Gasteiger partial charge is 0.491 e. The van der Waals surface area contributed by atoms with E-state index in [0.29, 0.717) is 0 Å². The standard InChI is InChI=1S/C20H28N2O2/c1-15(2)23-19-10-8-17(9-11-19)21-12-13-22-18-6-5-7-20(14-18)24-16(3)4/h5-11,14-16,21-22H,12-13H2,1-4H3. The van der Waals surface area contributed by atoms with Crippen molar-refractivity contribution in [3.63, 3.8) is 0 Å². The highest BCUT2D eigenvalue weighted by molar-refractivity contribution is 5.49. The van der Waals surface area contributed by atoms with Gasteiger partial charge in [0.25, 0.3) is 0 Å². The fraction of sp³-hybridized carbons (Fsp3) is 0.400. The van der Waals surface area contributed by atoms with Crippen LogP contribution in [0.1, 0.15) is 27.7 Å². The molecule has 0 atom stereocenters. The number of hydrogen-bond acceptors (Lipinski definition) is 4. The molecule has 4 heteroatoms. The number of benzene rings is 2. The van der Waals surface area contributed by atoms with E-state index in [1.54, 1.807) is 0 Å². The Kier molecular flexibility index (Phi) is 6.79. The molecule has 0 unspecified atom stereocenters. The minimum atomic E-state index is 0.185. The lowest BCUT2D eigenvalue weighted by atomic mass is 10.3. The first-order valence-corrected chi connectivity index (χ1v) is 8.54. The maximum Gasteiger partial charge on any atom is 0.121 e. The monoisotopic (exact) mass is 328 g/mol. The Balaban J connectivity index is 1.74. The maximum absolute atomic E-state index is 5.70. The van der Waals surface area contributed by atoms with Crippen molar-refractivity contribution in [2.24, 2.45) is 0 Å². The fourth-order valence-electron chi connectivity index (χ4n) is 2.29. The second-order valence-corrected chi connectivity index (χ2v) is 6.24. The quantitative estimate of drug-likeness (QED) is 0.650. The van der Waals surface area contributed by atoms with Crippen molar-refractivity contribution in [1.82, 2.24) is 0 Å². The third-order valence-electron chi connectivity index (χ3n) is 3.22. The average molecular weight is 328 g/mol. The van der Waals surface area contributed by atoms with Crippen molar-refractivity contribution in [3.05, 3.63) is 48.5 Å². The van der Waals surface area contributed by atoms with E-state index in [2.05, 4.69) is 10.6 Å². The average Bonchev–Trinajstić information content (AvgIpc) is 2.52. The van der Waals surface area contributed by atoms with E-state index in [1.165, 1.54) is 0 Å². The van der Waals surface area contributed by atoms with Gasteiger partial charge in [-0.15, -0.1) is 0 Å². The van der Waals surface area contributed by atoms with Crippen LogP contribution in [0.25, 0.3) is 0 Å². The van der Waals surface area contributed by atoms with Crippen molar-refractivity contribution in [2.45, 2.75) is 39.9 Å². The molecule has 0 aliphatic rings. The fourth-order valence-corrected chi connectivity index (χ4v) is 2.29. The van der Waals surface area contributed by atoms with Gasteiger partial charge >= 0.3 is 0 Å². The molecule has 2 rings (SSSR count). The summed E-state index contributed by atoms with van der Waals surface area (Å²) < 4.78 is 11.3. The predicted molar refractivity (Wildman–Crippen MR) is 101 cm³/mol. The number of hydrogen-bond donors (Lipinski definition) is 2. The Morgan fingerprint density at radius 1 is 0.708 bits per heavy atom. The highest BCUT2D eigenvalue weighted by Crippen LogP contribution is 2.19. The Labute approximate surface area is 145 Å². The lowest BCUT2D eigenvalue weighted by molar-refractivity contribution is 0.242. The second kappa shape index (κ2) is 9.06. The van der Waals surface area contributed by atoms with Crippen molar-refractivity contribution < 1.29 is 9.47 Å². The summed E-state index contributed by atoms with van der Waals surface area (Å²) in [5, 5.41) is 6.79. The van der Waals surface area contributed by atoms with Gasteiger partial charge in [-0.05, 0) is 64.1 Å². The van der Waals surface area contributed by atoms with Crippen molar-refractivity contribution >= 4 is 11.4 Å². The number of nitrogens with one attached hydrogen (secondary N) is 2. The molecule has 130 valence electrons. The zero-order valence-electron chi connectivity index (χ0n) is 15.0. The summed E-state index contributed by atoms with van der Waals surface area (Å²) in [6.07, 6.45) is 0.382. The summed E-state index contributed by atoms with van der Waals surface area (Å²) in [4.78, 5) is 0. The summed E-state index contributed by atoms with van der Waals surface area (Å²) in [6.45, 7) is 9.77. The molecule has 24 heavy (non-hydrogen) atoms. The molecule has 0 radical (unpaired) electrons. The number of ether oxygens (including phenoxy) is 2. The Morgan fingerprint density at radius 3 is 1.92 bits per heavy atom. The second-order valence-electron chi connectivity index (χ2n) is 6.24. The van der Waals surface area contributed by atoms with Crippen LogP contribution >= 0.6 is 0 Å². The number of anilines is 2. The minimum absolute atomic E-state index is 0.185. The van der Waals surface area contributed by atoms with Crippen LogP contribution in [0.4, 0.5) is 11.4 Å². The van der Waals surface area contributed by atoms with Gasteiger partial charge in [-0.2, -0.15) is 0 Å². The Bertz CT molecular complexity index is 609. The summed E-state index contributed by atoms with van der Waals surface area (Å²) in [5.41, 5.74) is 2.15. The van der Waals surface area contributed by atoms with Crippen molar-refractivity contribution in [2.75, 3.05) is 23.7 Å². The molecule has 0 saturated carbocycles. The van der Waals surface area contributed by atoms with Crippen LogP contribution in [0, 0.1) is 0 Å². The van der Waals surface area contributed by atoms with Gasteiger partial charge in [-0.1, -0.05) is 6.07 Å². The molecule has 0 spiro atoms. The molecule has 2 N–H and O–H groups in total. The first kappa shape index (κ1) is 18.0. The van der Waals surface area contributed by atoms with Gasteiger partial charge in [0.05, 0.1) is 12.2 Å². The number of rotatable bonds is 9. The molecule has 0 amide bonds. The molecule has 0 fully saturated rings. The van der Waals surface area contributed by atoms with E-state index in [9.17, 15) is 0 Å². The molecule has 0 aliphatic carbocycles. The SMILES string of the molecule is CC(C)Oc1ccc(NCCNc2cccc(OC(C)C)c2)cc1. The lowest BCUT2D eigenvalue weighted by Crippen LogP contribution is -2.14. The molecule has 0 bridgehead atoms. The van der Waals surface area contributed by atoms with Gasteiger partial charge in [-0.25, -0.2) is 0 Å². The van der Waals surface area contributed by atoms with Crippen LogP contribution in [0.3, 0.4) is 0 Å². The first-order valence-electron chi connectivity index (χ1n) is 8.54. The summed E-state index contributed by atoms with van der Waals surface area (Å²) in [5.74, 6) is 1.79. The van der Waals surface area contributed by atoms with Gasteiger partial charge < -0.3 is 20.1 Å². The van der Waals surface area contributed by atoms with Crippen LogP contribution in [-0.2, 0) is 0 Å². The lowest BCUT2D eigenvalue weighted by Gasteiger charge is -2.13. The van der Waals surface area contributed by atoms with E-state index in [0.717, 1.165) is 36.0 Å². The topological polar surface area (TPSA) is 42.5 Å². The third-order valence-corrected chi connectivity index (χ3v) is 3.22. The zero-order valence-corrected chi connectivity index (χ0v) is 15.0. The minimum Gasteiger partial charge on any atom is -0.491 e. The van der Waals surface area contributed by atoms with Gasteiger partial charge in [0.15, 0.2) is 0 Å². The smallest absolute Gasteiger partial charge is 0.121 e. The molecule has 4 nitrogen and oxygen atoms in total. The van der Waals surface area contributed by atoms with Crippen molar-refractivity contribution in [3.8, 4) is 11.5 Å². The van der Waals surface area contributed by atoms with Crippen molar-refractivity contribution in [1.29, 1.82) is 0 Å². The van der Waals surface area contributed by atoms with Gasteiger partial charge in [0.2, 0.25) is 0 Å². The van der Waals surface area contributed by atoms with E-state index >= 15 is 0 Å². The predicted octanol–water partition coefficient (Wildman–Crippen LogP) is 4.79. The normalized spacial score (nSPS) is 10.8. The van der Waals surface area contributed by atoms with E-state index in [4.69, 9.17) is 9.47 Å². The van der Waals surface area contributed by atoms with Crippen LogP contribution < -0.4 is 20.1 Å². The van der Waals surface area contributed by atoms with Crippen LogP contribution in [0.15, 0.2) is 48.5 Å². The highest BCUT2D eigenvalue weighted by Gasteiger charge is 2.00. The van der Waals surface area contributed by atoms with Gasteiger partial charge in [0.1, 0.15) is 11.5 Å². The first-order chi connectivity index (χ1) is 11.5. The molecular weight excluding hydrogens is 300 g/mol. The molecule has 2 aromatic rings. The van der Waals surface area contributed by atoms with E-state index in [-0.39, 0.29) is 12.2 Å². The molecule has 0 aromatic heterocycles. The van der Waals surface area contributed by atoms with E-state index < -0.39 is 0 Å². The molecule has 0 saturated heterocycles. The molecule has 2 aromatic carbocycles. The van der Waals surface area contributed by atoms with E-state index in [1.807, 2.05) is 76.2 Å². The molecule has 0 aliphatic heterocycles. The van der Waals surface area contributed by atoms with Crippen LogP contribution in [0.5, 0.6) is 11.5 Å².